The number of anilines is 1. The van der Waals surface area contributed by atoms with Crippen molar-refractivity contribution in [1.82, 2.24) is 92.6 Å². The average Bonchev–Trinajstić information content (AvgIpc) is 1.63. The van der Waals surface area contributed by atoms with Crippen LogP contribution in [0.1, 0.15) is 211 Å². The van der Waals surface area contributed by atoms with E-state index in [0.717, 1.165) is 109 Å². The zero-order chi connectivity index (χ0) is 104. The molecule has 24 amide bonds. The lowest BCUT2D eigenvalue weighted by molar-refractivity contribution is -0.180. The van der Waals surface area contributed by atoms with E-state index in [1.165, 1.54) is 44.5 Å². The van der Waals surface area contributed by atoms with Crippen molar-refractivity contribution < 1.29 is 163 Å². The van der Waals surface area contributed by atoms with Crippen molar-refractivity contribution in [2.75, 3.05) is 87.7 Å². The second-order valence-corrected chi connectivity index (χ2v) is 34.7. The molecule has 10 saturated heterocycles. The predicted octanol–water partition coefficient (Wildman–Crippen LogP) is 1.86. The molecule has 53 nitrogen and oxygen atoms in total. The number of hydrogen-bond donors (Lipinski definition) is 7. The van der Waals surface area contributed by atoms with Gasteiger partial charge in [-0.05, 0) is 136 Å². The second kappa shape index (κ2) is 54.7. The Balaban J connectivity index is 0.000000201. The first-order chi connectivity index (χ1) is 67.5. The van der Waals surface area contributed by atoms with Gasteiger partial charge in [-0.25, -0.2) is 28.8 Å². The van der Waals surface area contributed by atoms with Gasteiger partial charge in [0, 0.05) is 178 Å². The number of fused-ring (bicyclic) bond motifs is 2. The van der Waals surface area contributed by atoms with E-state index < -0.39 is 101 Å². The van der Waals surface area contributed by atoms with Gasteiger partial charge in [0.05, 0.1) is 40.2 Å². The summed E-state index contributed by atoms with van der Waals surface area (Å²) in [7, 11) is 12.9. The average molecular weight is 2000 g/mol. The van der Waals surface area contributed by atoms with Crippen molar-refractivity contribution in [1.29, 1.82) is 0 Å². The molecule has 778 valence electrons. The summed E-state index contributed by atoms with van der Waals surface area (Å²) in [5.41, 5.74) is 3.58. The first kappa shape index (κ1) is 113. The summed E-state index contributed by atoms with van der Waals surface area (Å²) in [6.07, 6.45) is 9.09. The Morgan fingerprint density at radius 2 is 0.577 bits per heavy atom. The van der Waals surface area contributed by atoms with Crippen molar-refractivity contribution in [2.45, 2.75) is 261 Å². The van der Waals surface area contributed by atoms with E-state index in [4.69, 9.17) is 28.9 Å². The van der Waals surface area contributed by atoms with Gasteiger partial charge in [0.25, 0.3) is 106 Å². The van der Waals surface area contributed by atoms with E-state index in [1.54, 1.807) is 20.8 Å². The molecule has 0 radical (unpaired) electrons. The van der Waals surface area contributed by atoms with Crippen LogP contribution in [0.5, 0.6) is 0 Å². The number of rotatable bonds is 19. The fraction of sp³-hybridized carbons (Fsp3) is 0.596. The summed E-state index contributed by atoms with van der Waals surface area (Å²) in [5, 5.41) is 25.2. The molecule has 7 N–H and O–H groups in total. The molecule has 0 aromatic heterocycles. The third kappa shape index (κ3) is 33.1. The topological polar surface area (TPSA) is 625 Å². The van der Waals surface area contributed by atoms with E-state index in [9.17, 15) is 115 Å². The van der Waals surface area contributed by atoms with Crippen LogP contribution in [-0.2, 0) is 154 Å². The fourth-order valence-corrected chi connectivity index (χ4v) is 16.3. The maximum atomic E-state index is 12.7. The number of amides is 24. The van der Waals surface area contributed by atoms with Gasteiger partial charge >= 0.3 is 36.6 Å². The van der Waals surface area contributed by atoms with E-state index in [2.05, 4.69) is 78.5 Å². The molecule has 2 saturated carbocycles. The van der Waals surface area contributed by atoms with Crippen LogP contribution in [0.4, 0.5) is 34.5 Å². The first-order valence-corrected chi connectivity index (χ1v) is 46.2. The molecule has 2 aliphatic carbocycles. The van der Waals surface area contributed by atoms with Crippen LogP contribution in [0.25, 0.3) is 0 Å². The molecule has 53 heteroatoms. The number of ether oxygens (including phenoxy) is 1. The number of benzene rings is 2. The Hall–Kier alpha value is -14.0. The lowest BCUT2D eigenvalue weighted by Crippen LogP contribution is -2.51. The third-order valence-electron chi connectivity index (χ3n) is 23.7. The number of imide groups is 9. The number of carbonyl (C=O) groups excluding carboxylic acids is 24. The van der Waals surface area contributed by atoms with Crippen molar-refractivity contribution in [3.8, 4) is 0 Å². The summed E-state index contributed by atoms with van der Waals surface area (Å²) >= 11 is 0. The lowest BCUT2D eigenvalue weighted by atomic mass is 9.90. The normalized spacial score (nSPS) is 22.4. The molecule has 16 rings (SSSR count). The monoisotopic (exact) mass is 2000 g/mol. The molecule has 12 aliphatic heterocycles. The number of nitrogens with zero attached hydrogens (tertiary/aromatic N) is 12. The first-order valence-electron chi connectivity index (χ1n) is 46.2. The van der Waals surface area contributed by atoms with Gasteiger partial charge in [-0.1, -0.05) is 55.3 Å². The molecule has 7 unspecified atom stereocenters. The van der Waals surface area contributed by atoms with Crippen LogP contribution < -0.4 is 42.1 Å². The minimum absolute atomic E-state index is 0.0182. The molecular formula is C89H123N19O34. The van der Waals surface area contributed by atoms with E-state index >= 15 is 0 Å². The molecule has 14 aliphatic rings. The van der Waals surface area contributed by atoms with Crippen LogP contribution in [0.3, 0.4) is 0 Å². The smallest absolute Gasteiger partial charge is 0.432 e. The van der Waals surface area contributed by atoms with Crippen molar-refractivity contribution in [3.05, 3.63) is 65.2 Å². The number of hydroxylamine groups is 18. The maximum absolute atomic E-state index is 12.7. The van der Waals surface area contributed by atoms with Gasteiger partial charge in [-0.15, -0.1) is 25.3 Å². The highest BCUT2D eigenvalue weighted by Crippen LogP contribution is 2.34. The van der Waals surface area contributed by atoms with Gasteiger partial charge in [-0.2, -0.15) is 20.3 Å². The van der Waals surface area contributed by atoms with E-state index in [1.807, 2.05) is 64.6 Å². The van der Waals surface area contributed by atoms with E-state index in [-0.39, 0.29) is 206 Å². The van der Waals surface area contributed by atoms with Gasteiger partial charge in [0.15, 0.2) is 0 Å². The number of nitrogens with one attached hydrogen (secondary N) is 7. The Morgan fingerprint density at radius 1 is 0.310 bits per heavy atom. The SMILES string of the molecule is CC(C)(C)OC(=O)N1c2ccccc2CC1CNC(=O)ON1C(=O)CCC1=O.CN1CCCC1CNC(=O)ON1C(=O)CCC1=O.CN1Cc2ccccc2CC1CNC(=O)ON1C(=O)CCC1=O.CNC1CCCC1NC(=O)ON1C(=O)CCC1=O.CNC1CCCCC1NC(=O)ON1C(=O)CCC1=O.CON1C(=O)CCC1=O.CON1C(=O)CCC1=O.CON1C(=O)CCC1=O.CON1C(=O)CCC1=O. The van der Waals surface area contributed by atoms with E-state index in [0.29, 0.717) is 50.9 Å². The number of para-hydroxylation sites is 1. The number of likely N-dealkylation sites (tertiary alicyclic amines) is 1. The minimum Gasteiger partial charge on any atom is -0.443 e. The minimum atomic E-state index is -0.927. The highest BCUT2D eigenvalue weighted by Gasteiger charge is 2.43. The summed E-state index contributed by atoms with van der Waals surface area (Å²) in [6.45, 7) is 8.10. The molecule has 0 bridgehead atoms. The van der Waals surface area contributed by atoms with Crippen molar-refractivity contribution in [3.63, 3.8) is 0 Å². The zero-order valence-corrected chi connectivity index (χ0v) is 80.9. The molecule has 12 fully saturated rings. The van der Waals surface area contributed by atoms with Gasteiger partial charge in [0.1, 0.15) is 5.60 Å². The molecule has 142 heavy (non-hydrogen) atoms. The van der Waals surface area contributed by atoms with Crippen LogP contribution >= 0.6 is 0 Å². The quantitative estimate of drug-likeness (QED) is 0.0987. The summed E-state index contributed by atoms with van der Waals surface area (Å²) in [4.78, 5) is 317. The molecular weight excluding hydrogens is 1880 g/mol. The third-order valence-corrected chi connectivity index (χ3v) is 23.7. The number of hydrogen-bond acceptors (Lipinski definition) is 38. The molecule has 7 atom stereocenters. The largest absolute Gasteiger partial charge is 0.443 e. The lowest BCUT2D eigenvalue weighted by Gasteiger charge is -2.34. The predicted molar refractivity (Wildman–Crippen MR) is 480 cm³/mol. The summed E-state index contributed by atoms with van der Waals surface area (Å²) in [5.74, 6) is -6.83. The summed E-state index contributed by atoms with van der Waals surface area (Å²) in [6, 6.07) is 16.1. The Morgan fingerprint density at radius 3 is 0.880 bits per heavy atom. The van der Waals surface area contributed by atoms with Gasteiger partial charge in [-0.3, -0.25) is 115 Å². The van der Waals surface area contributed by atoms with Crippen LogP contribution in [0, 0.1) is 0 Å². The highest BCUT2D eigenvalue weighted by molar-refractivity contribution is 6.06. The van der Waals surface area contributed by atoms with Crippen LogP contribution in [-0.4, -0.2) is 329 Å². The maximum Gasteiger partial charge on any atom is 0.432 e. The standard InChI is InChI=1S/C19H23N3O6.C16H19N3O4.C12H19N3O4.2C11H17N3O4.4C5H7NO3/c1-19(2,3)27-18(26)21-13(10-12-6-4-5-7-14(12)21)11-20-17(25)28-22-15(23)8-9-16(22)24;1-18-10-12-5-3-2-4-11(12)8-13(18)9-17-16(22)23-19-14(20)6-7-15(19)21;1-13-8-4-2-3-5-9(8)14-12(18)19-15-10(16)6-7-11(15)17;1-13-6-2-3-8(13)7-12-11(17)18-14-9(15)4-5-10(14)16;1-12-7-3-2-4-8(7)13-11(17)18-14-9(15)5-6-10(14)16;4*1-9-6-4(7)2-3-5(6)8/h4-7,13H,8-11H2,1-3H3,(H,20,25);2-5,13H,6-10H2,1H3,(H,17,22);8-9,13H,2-7H2,1H3,(H,14,18);8H,2-7H2,1H3,(H,12,17);7-8,12H,2-6H2,1H3,(H,13,17);4*2-3H2,1H3. The van der Waals surface area contributed by atoms with Crippen LogP contribution in [0.15, 0.2) is 48.5 Å². The molecule has 2 aromatic carbocycles. The van der Waals surface area contributed by atoms with Gasteiger partial charge < -0.3 is 71.0 Å². The fourth-order valence-electron chi connectivity index (χ4n) is 16.3. The van der Waals surface area contributed by atoms with Gasteiger partial charge in [0.2, 0.25) is 0 Å². The highest BCUT2D eigenvalue weighted by atomic mass is 16.8. The Kier molecular flexibility index (Phi) is 43.6. The number of likely N-dealkylation sites (N-methyl/N-ethyl adjacent to an activating group) is 4. The van der Waals surface area contributed by atoms with Crippen molar-refractivity contribution >= 4 is 149 Å². The summed E-state index contributed by atoms with van der Waals surface area (Å²) < 4.78 is 5.50. The molecule has 12 heterocycles. The van der Waals surface area contributed by atoms with Crippen LogP contribution in [0.2, 0.25) is 0 Å². The second-order valence-electron chi connectivity index (χ2n) is 34.7. The molecule has 0 spiro atoms. The number of carbonyl (C=O) groups is 24. The molecule has 2 aromatic rings. The Bertz CT molecular complexity index is 4730. The van der Waals surface area contributed by atoms with Crippen molar-refractivity contribution in [2.24, 2.45) is 0 Å². The zero-order valence-electron chi connectivity index (χ0n) is 80.9. The Labute approximate surface area is 815 Å².